The van der Waals surface area contributed by atoms with Crippen LogP contribution in [0.2, 0.25) is 0 Å². The molecule has 0 spiro atoms. The Kier molecular flexibility index (Phi) is 4.77. The van der Waals surface area contributed by atoms with Gasteiger partial charge in [0.2, 0.25) is 0 Å². The normalized spacial score (nSPS) is 26.1. The molecule has 0 aromatic heterocycles. The highest BCUT2D eigenvalue weighted by atomic mass is 19.4. The van der Waals surface area contributed by atoms with Crippen molar-refractivity contribution in [3.8, 4) is 0 Å². The molecule has 2 nitrogen and oxygen atoms in total. The van der Waals surface area contributed by atoms with E-state index < -0.39 is 24.8 Å². The van der Waals surface area contributed by atoms with Gasteiger partial charge >= 0.3 is 12.1 Å². The molecule has 1 rings (SSSR count). The fourth-order valence-corrected chi connectivity index (χ4v) is 2.11. The number of halogens is 4. The number of hydrogen-bond donors (Lipinski definition) is 0. The maximum Gasteiger partial charge on any atom is 0.471 e. The monoisotopic (exact) mass is 255 g/mol. The summed E-state index contributed by atoms with van der Waals surface area (Å²) in [5.74, 6) is -2.12. The molecule has 0 bridgehead atoms. The first-order chi connectivity index (χ1) is 7.86. The first kappa shape index (κ1) is 14.3. The summed E-state index contributed by atoms with van der Waals surface area (Å²) in [4.78, 5) is 11.5. The molecule has 1 aliphatic heterocycles. The molecule has 100 valence electrons. The lowest BCUT2D eigenvalue weighted by Crippen LogP contribution is -2.49. The van der Waals surface area contributed by atoms with Crippen LogP contribution < -0.4 is 0 Å². The Balaban J connectivity index is 2.49. The Morgan fingerprint density at radius 3 is 2.53 bits per heavy atom. The van der Waals surface area contributed by atoms with Crippen molar-refractivity contribution in [3.05, 3.63) is 0 Å². The highest BCUT2D eigenvalue weighted by Crippen LogP contribution is 2.28. The van der Waals surface area contributed by atoms with E-state index in [0.29, 0.717) is 17.7 Å². The Morgan fingerprint density at radius 2 is 2.06 bits per heavy atom. The molecule has 17 heavy (non-hydrogen) atoms. The van der Waals surface area contributed by atoms with Gasteiger partial charge in [-0.1, -0.05) is 19.8 Å². The zero-order valence-electron chi connectivity index (χ0n) is 9.76. The molecule has 1 fully saturated rings. The number of rotatable bonds is 3. The van der Waals surface area contributed by atoms with Gasteiger partial charge in [-0.25, -0.2) is 4.39 Å². The van der Waals surface area contributed by atoms with Crippen LogP contribution in [0.25, 0.3) is 0 Å². The van der Waals surface area contributed by atoms with E-state index in [0.717, 1.165) is 12.8 Å². The van der Waals surface area contributed by atoms with Crippen molar-refractivity contribution in [1.82, 2.24) is 4.90 Å². The van der Waals surface area contributed by atoms with Crippen LogP contribution in [0, 0.1) is 5.92 Å². The summed E-state index contributed by atoms with van der Waals surface area (Å²) in [7, 11) is 0. The maximum atomic E-state index is 13.6. The van der Waals surface area contributed by atoms with E-state index in [1.54, 1.807) is 0 Å². The van der Waals surface area contributed by atoms with E-state index in [4.69, 9.17) is 0 Å². The largest absolute Gasteiger partial charge is 0.471 e. The van der Waals surface area contributed by atoms with Crippen LogP contribution in [-0.2, 0) is 4.79 Å². The van der Waals surface area contributed by atoms with Crippen LogP contribution in [0.15, 0.2) is 0 Å². The topological polar surface area (TPSA) is 20.3 Å². The summed E-state index contributed by atoms with van der Waals surface area (Å²) in [6.07, 6.45) is -3.40. The average Bonchev–Trinajstić information content (AvgIpc) is 2.25. The molecule has 2 atom stereocenters. The summed E-state index contributed by atoms with van der Waals surface area (Å²) in [6.45, 7) is 1.56. The van der Waals surface area contributed by atoms with Gasteiger partial charge < -0.3 is 4.90 Å². The van der Waals surface area contributed by atoms with Crippen molar-refractivity contribution in [1.29, 1.82) is 0 Å². The number of carbonyl (C=O) groups is 1. The van der Waals surface area contributed by atoms with Crippen LogP contribution in [-0.4, -0.2) is 36.2 Å². The lowest BCUT2D eigenvalue weighted by atomic mass is 9.90. The van der Waals surface area contributed by atoms with Crippen LogP contribution in [0.3, 0.4) is 0 Å². The van der Waals surface area contributed by atoms with Crippen LogP contribution in [0.1, 0.15) is 32.6 Å². The second-order valence-corrected chi connectivity index (χ2v) is 4.46. The van der Waals surface area contributed by atoms with Crippen LogP contribution >= 0.6 is 0 Å². The Bertz CT molecular complexity index is 267. The van der Waals surface area contributed by atoms with Gasteiger partial charge in [0, 0.05) is 6.54 Å². The number of unbranched alkanes of at least 4 members (excludes halogenated alkanes) is 1. The van der Waals surface area contributed by atoms with E-state index in [-0.39, 0.29) is 12.5 Å². The molecule has 0 aromatic carbocycles. The molecule has 1 amide bonds. The predicted molar refractivity (Wildman–Crippen MR) is 55.2 cm³/mol. The Hall–Kier alpha value is -0.810. The zero-order valence-corrected chi connectivity index (χ0v) is 9.76. The van der Waals surface area contributed by atoms with Crippen molar-refractivity contribution in [2.24, 2.45) is 5.92 Å². The second-order valence-electron chi connectivity index (χ2n) is 4.46. The van der Waals surface area contributed by atoms with Crippen molar-refractivity contribution in [2.75, 3.05) is 13.1 Å². The molecule has 0 aromatic rings. The smallest absolute Gasteiger partial charge is 0.332 e. The third kappa shape index (κ3) is 3.85. The van der Waals surface area contributed by atoms with Crippen LogP contribution in [0.4, 0.5) is 17.6 Å². The molecular weight excluding hydrogens is 238 g/mol. The summed E-state index contributed by atoms with van der Waals surface area (Å²) in [5.41, 5.74) is 0. The second kappa shape index (κ2) is 5.69. The molecule has 6 heteroatoms. The summed E-state index contributed by atoms with van der Waals surface area (Å²) in [5, 5.41) is 0. The molecule has 0 saturated carbocycles. The first-order valence-electron chi connectivity index (χ1n) is 5.86. The molecule has 1 aliphatic rings. The fourth-order valence-electron chi connectivity index (χ4n) is 2.11. The highest BCUT2D eigenvalue weighted by molar-refractivity contribution is 5.82. The number of likely N-dealkylation sites (tertiary alicyclic amines) is 1. The van der Waals surface area contributed by atoms with E-state index in [1.165, 1.54) is 0 Å². The minimum Gasteiger partial charge on any atom is -0.332 e. The summed E-state index contributed by atoms with van der Waals surface area (Å²) in [6, 6.07) is 0. The third-order valence-electron chi connectivity index (χ3n) is 3.13. The molecule has 1 heterocycles. The van der Waals surface area contributed by atoms with Crippen molar-refractivity contribution in [2.45, 2.75) is 45.0 Å². The van der Waals surface area contributed by atoms with Gasteiger partial charge in [-0.2, -0.15) is 13.2 Å². The van der Waals surface area contributed by atoms with E-state index in [2.05, 4.69) is 0 Å². The molecule has 0 aliphatic carbocycles. The SMILES string of the molecule is CCCC[C@@H]1CCN(C(=O)C(F)(F)F)C[C@@H]1F. The number of hydrogen-bond acceptors (Lipinski definition) is 1. The highest BCUT2D eigenvalue weighted by Gasteiger charge is 2.44. The van der Waals surface area contributed by atoms with Crippen LogP contribution in [0.5, 0.6) is 0 Å². The van der Waals surface area contributed by atoms with Crippen molar-refractivity contribution < 1.29 is 22.4 Å². The Morgan fingerprint density at radius 1 is 1.41 bits per heavy atom. The van der Waals surface area contributed by atoms with Gasteiger partial charge in [-0.15, -0.1) is 0 Å². The quantitative estimate of drug-likeness (QED) is 0.710. The number of nitrogens with zero attached hydrogens (tertiary/aromatic N) is 1. The predicted octanol–water partition coefficient (Wildman–Crippen LogP) is 2.93. The maximum absolute atomic E-state index is 13.6. The third-order valence-corrected chi connectivity index (χ3v) is 3.13. The van der Waals surface area contributed by atoms with Crippen molar-refractivity contribution >= 4 is 5.91 Å². The van der Waals surface area contributed by atoms with Gasteiger partial charge in [0.1, 0.15) is 6.17 Å². The molecular formula is C11H17F4NO. The summed E-state index contributed by atoms with van der Waals surface area (Å²) >= 11 is 0. The minimum atomic E-state index is -4.89. The van der Waals surface area contributed by atoms with Gasteiger partial charge in [-0.3, -0.25) is 4.79 Å². The number of alkyl halides is 4. The first-order valence-corrected chi connectivity index (χ1v) is 5.86. The van der Waals surface area contributed by atoms with E-state index >= 15 is 0 Å². The average molecular weight is 255 g/mol. The summed E-state index contributed by atoms with van der Waals surface area (Å²) < 4.78 is 50.0. The number of piperidine rings is 1. The Labute approximate surface area is 98.0 Å². The van der Waals surface area contributed by atoms with Gasteiger partial charge in [0.25, 0.3) is 0 Å². The van der Waals surface area contributed by atoms with Crippen molar-refractivity contribution in [3.63, 3.8) is 0 Å². The van der Waals surface area contributed by atoms with Gasteiger partial charge in [-0.05, 0) is 18.8 Å². The van der Waals surface area contributed by atoms with E-state index in [9.17, 15) is 22.4 Å². The molecule has 0 N–H and O–H groups in total. The molecule has 1 saturated heterocycles. The lowest BCUT2D eigenvalue weighted by molar-refractivity contribution is -0.188. The number of amides is 1. The zero-order chi connectivity index (χ0) is 13.1. The minimum absolute atomic E-state index is 0.00709. The lowest BCUT2D eigenvalue weighted by Gasteiger charge is -2.35. The van der Waals surface area contributed by atoms with Gasteiger partial charge in [0.05, 0.1) is 6.54 Å². The standard InChI is InChI=1S/C11H17F4NO/c1-2-3-4-8-5-6-16(7-9(8)12)10(17)11(13,14)15/h8-9H,2-7H2,1H3/t8-,9+/m1/s1. The fraction of sp³-hybridized carbons (Fsp3) is 0.909. The number of carbonyl (C=O) groups excluding carboxylic acids is 1. The van der Waals surface area contributed by atoms with Gasteiger partial charge in [0.15, 0.2) is 0 Å². The molecule has 0 radical (unpaired) electrons. The van der Waals surface area contributed by atoms with E-state index in [1.807, 2.05) is 6.92 Å². The molecule has 0 unspecified atom stereocenters.